The summed E-state index contributed by atoms with van der Waals surface area (Å²) in [6.07, 6.45) is 0.989. The zero-order valence-electron chi connectivity index (χ0n) is 11.7. The third kappa shape index (κ3) is 4.20. The first-order valence-electron chi connectivity index (χ1n) is 6.15. The summed E-state index contributed by atoms with van der Waals surface area (Å²) in [5.74, 6) is 1.56. The van der Waals surface area contributed by atoms with Crippen molar-refractivity contribution >= 4 is 0 Å². The first-order valence-corrected chi connectivity index (χ1v) is 6.15. The molecule has 0 aromatic heterocycles. The number of ether oxygens (including phenoxy) is 3. The van der Waals surface area contributed by atoms with Crippen LogP contribution >= 0.6 is 0 Å². The van der Waals surface area contributed by atoms with Crippen LogP contribution < -0.4 is 14.8 Å². The Bertz CT molecular complexity index is 355. The molecule has 0 amide bonds. The highest BCUT2D eigenvalue weighted by Crippen LogP contribution is 2.30. The van der Waals surface area contributed by atoms with Crippen LogP contribution in [0.25, 0.3) is 0 Å². The Labute approximate surface area is 109 Å². The van der Waals surface area contributed by atoms with Crippen LogP contribution in [0.2, 0.25) is 0 Å². The van der Waals surface area contributed by atoms with E-state index in [9.17, 15) is 0 Å². The first-order chi connectivity index (χ1) is 8.72. The van der Waals surface area contributed by atoms with Gasteiger partial charge in [-0.3, -0.25) is 0 Å². The maximum atomic E-state index is 5.39. The van der Waals surface area contributed by atoms with E-state index in [0.29, 0.717) is 6.04 Å². The van der Waals surface area contributed by atoms with Crippen LogP contribution in [0, 0.1) is 0 Å². The van der Waals surface area contributed by atoms with E-state index >= 15 is 0 Å². The van der Waals surface area contributed by atoms with Gasteiger partial charge in [-0.1, -0.05) is 12.1 Å². The van der Waals surface area contributed by atoms with E-state index in [2.05, 4.69) is 12.2 Å². The molecule has 0 bridgehead atoms. The molecule has 0 aliphatic carbocycles. The van der Waals surface area contributed by atoms with Gasteiger partial charge in [-0.05, 0) is 19.4 Å². The van der Waals surface area contributed by atoms with Gasteiger partial charge in [0.2, 0.25) is 0 Å². The Balaban J connectivity index is 2.61. The molecular formula is C14H23NO3. The second kappa shape index (κ2) is 7.95. The van der Waals surface area contributed by atoms with Crippen molar-refractivity contribution in [2.75, 3.05) is 27.9 Å². The summed E-state index contributed by atoms with van der Waals surface area (Å²) in [6.45, 7) is 3.67. The summed E-state index contributed by atoms with van der Waals surface area (Å²) in [5, 5.41) is 3.44. The number of hydrogen-bond acceptors (Lipinski definition) is 4. The first kappa shape index (κ1) is 14.8. The molecule has 0 saturated heterocycles. The van der Waals surface area contributed by atoms with Crippen LogP contribution in [0.3, 0.4) is 0 Å². The molecule has 0 aliphatic heterocycles. The number of hydrogen-bond donors (Lipinski definition) is 1. The van der Waals surface area contributed by atoms with Crippen LogP contribution in [0.15, 0.2) is 18.2 Å². The normalized spacial score (nSPS) is 12.2. The summed E-state index contributed by atoms with van der Waals surface area (Å²) < 4.78 is 15.7. The van der Waals surface area contributed by atoms with Crippen molar-refractivity contribution in [2.45, 2.75) is 25.9 Å². The van der Waals surface area contributed by atoms with Crippen LogP contribution in [0.4, 0.5) is 0 Å². The summed E-state index contributed by atoms with van der Waals surface area (Å²) in [7, 11) is 5.03. The fourth-order valence-electron chi connectivity index (χ4n) is 1.77. The van der Waals surface area contributed by atoms with Gasteiger partial charge in [-0.2, -0.15) is 0 Å². The molecule has 1 aromatic rings. The average Bonchev–Trinajstić information content (AvgIpc) is 2.41. The van der Waals surface area contributed by atoms with Gasteiger partial charge in [0.05, 0.1) is 14.2 Å². The van der Waals surface area contributed by atoms with Crippen molar-refractivity contribution in [1.82, 2.24) is 5.32 Å². The number of methoxy groups -OCH3 is 3. The van der Waals surface area contributed by atoms with Gasteiger partial charge in [0.15, 0.2) is 11.5 Å². The maximum Gasteiger partial charge on any atom is 0.165 e. The molecule has 1 rings (SSSR count). The minimum absolute atomic E-state index is 0.404. The molecule has 1 N–H and O–H groups in total. The monoisotopic (exact) mass is 253 g/mol. The number of rotatable bonds is 8. The minimum Gasteiger partial charge on any atom is -0.493 e. The predicted octanol–water partition coefficient (Wildman–Crippen LogP) is 2.22. The molecule has 18 heavy (non-hydrogen) atoms. The Morgan fingerprint density at radius 1 is 1.17 bits per heavy atom. The van der Waals surface area contributed by atoms with E-state index in [0.717, 1.165) is 36.6 Å². The fourth-order valence-corrected chi connectivity index (χ4v) is 1.77. The lowest BCUT2D eigenvalue weighted by atomic mass is 10.1. The second-order valence-corrected chi connectivity index (χ2v) is 4.22. The lowest BCUT2D eigenvalue weighted by molar-refractivity contribution is 0.184. The molecule has 0 fully saturated rings. The van der Waals surface area contributed by atoms with Gasteiger partial charge in [0.1, 0.15) is 0 Å². The maximum absolute atomic E-state index is 5.39. The van der Waals surface area contributed by atoms with Gasteiger partial charge in [-0.25, -0.2) is 0 Å². The molecule has 0 saturated carbocycles. The quantitative estimate of drug-likeness (QED) is 0.771. The van der Waals surface area contributed by atoms with Crippen molar-refractivity contribution in [3.63, 3.8) is 0 Å². The van der Waals surface area contributed by atoms with E-state index in [4.69, 9.17) is 14.2 Å². The molecule has 1 aromatic carbocycles. The van der Waals surface area contributed by atoms with Gasteiger partial charge in [0, 0.05) is 31.9 Å². The average molecular weight is 253 g/mol. The molecule has 0 heterocycles. The van der Waals surface area contributed by atoms with Crippen LogP contribution in [-0.2, 0) is 11.3 Å². The van der Waals surface area contributed by atoms with E-state index in [-0.39, 0.29) is 0 Å². The van der Waals surface area contributed by atoms with Gasteiger partial charge < -0.3 is 19.5 Å². The Morgan fingerprint density at radius 2 is 1.94 bits per heavy atom. The number of para-hydroxylation sites is 1. The van der Waals surface area contributed by atoms with Crippen molar-refractivity contribution in [2.24, 2.45) is 0 Å². The Hall–Kier alpha value is -1.26. The number of nitrogens with one attached hydrogen (secondary N) is 1. The van der Waals surface area contributed by atoms with Gasteiger partial charge in [0.25, 0.3) is 0 Å². The summed E-state index contributed by atoms with van der Waals surface area (Å²) in [6, 6.07) is 6.31. The largest absolute Gasteiger partial charge is 0.493 e. The number of benzene rings is 1. The third-order valence-electron chi connectivity index (χ3n) is 2.88. The zero-order valence-corrected chi connectivity index (χ0v) is 11.7. The highest BCUT2D eigenvalue weighted by molar-refractivity contribution is 5.46. The highest BCUT2D eigenvalue weighted by atomic mass is 16.5. The summed E-state index contributed by atoms with van der Waals surface area (Å²) >= 11 is 0. The standard InChI is InChI=1S/C14H23NO3/c1-11(8-9-16-2)15-10-12-6-5-7-13(17-3)14(12)18-4/h5-7,11,15H,8-10H2,1-4H3. The Kier molecular flexibility index (Phi) is 6.54. The lowest BCUT2D eigenvalue weighted by Gasteiger charge is -2.16. The molecule has 102 valence electrons. The second-order valence-electron chi connectivity index (χ2n) is 4.22. The third-order valence-corrected chi connectivity index (χ3v) is 2.88. The van der Waals surface area contributed by atoms with Crippen LogP contribution in [-0.4, -0.2) is 34.0 Å². The SMILES string of the molecule is COCCC(C)NCc1cccc(OC)c1OC. The van der Waals surface area contributed by atoms with Crippen molar-refractivity contribution in [3.05, 3.63) is 23.8 Å². The molecule has 1 unspecified atom stereocenters. The van der Waals surface area contributed by atoms with Gasteiger partial charge in [-0.15, -0.1) is 0 Å². The summed E-state index contributed by atoms with van der Waals surface area (Å²) in [5.41, 5.74) is 1.10. The van der Waals surface area contributed by atoms with Crippen LogP contribution in [0.5, 0.6) is 11.5 Å². The molecule has 0 aliphatic rings. The smallest absolute Gasteiger partial charge is 0.165 e. The van der Waals surface area contributed by atoms with Crippen molar-refractivity contribution in [1.29, 1.82) is 0 Å². The molecule has 4 nitrogen and oxygen atoms in total. The van der Waals surface area contributed by atoms with Gasteiger partial charge >= 0.3 is 0 Å². The topological polar surface area (TPSA) is 39.7 Å². The highest BCUT2D eigenvalue weighted by Gasteiger charge is 2.10. The van der Waals surface area contributed by atoms with E-state index < -0.39 is 0 Å². The Morgan fingerprint density at radius 3 is 2.56 bits per heavy atom. The molecular weight excluding hydrogens is 230 g/mol. The molecule has 1 atom stereocenters. The van der Waals surface area contributed by atoms with E-state index in [1.165, 1.54) is 0 Å². The minimum atomic E-state index is 0.404. The molecule has 4 heteroatoms. The summed E-state index contributed by atoms with van der Waals surface area (Å²) in [4.78, 5) is 0. The fraction of sp³-hybridized carbons (Fsp3) is 0.571. The molecule has 0 spiro atoms. The lowest BCUT2D eigenvalue weighted by Crippen LogP contribution is -2.26. The van der Waals surface area contributed by atoms with E-state index in [1.54, 1.807) is 21.3 Å². The van der Waals surface area contributed by atoms with Crippen molar-refractivity contribution < 1.29 is 14.2 Å². The van der Waals surface area contributed by atoms with E-state index in [1.807, 2.05) is 18.2 Å². The zero-order chi connectivity index (χ0) is 13.4. The van der Waals surface area contributed by atoms with Crippen molar-refractivity contribution in [3.8, 4) is 11.5 Å². The molecule has 0 radical (unpaired) electrons. The predicted molar refractivity (Wildman–Crippen MR) is 72.3 cm³/mol. The van der Waals surface area contributed by atoms with Crippen LogP contribution in [0.1, 0.15) is 18.9 Å².